The van der Waals surface area contributed by atoms with E-state index in [1.807, 2.05) is 42.5 Å². The van der Waals surface area contributed by atoms with Crippen LogP contribution in [0, 0.1) is 0 Å². The molecule has 0 saturated carbocycles. The number of benzene rings is 2. The van der Waals surface area contributed by atoms with Crippen molar-refractivity contribution in [3.8, 4) is 0 Å². The minimum absolute atomic E-state index is 0.0805. The van der Waals surface area contributed by atoms with Gasteiger partial charge < -0.3 is 11.5 Å². The number of amides is 2. The molecule has 1 aromatic heterocycles. The molecule has 24 heavy (non-hydrogen) atoms. The molecule has 2 amide bonds. The van der Waals surface area contributed by atoms with Crippen molar-refractivity contribution in [3.05, 3.63) is 75.4 Å². The number of para-hydroxylation sites is 1. The fraction of sp³-hybridized carbons (Fsp3) is 0.0556. The summed E-state index contributed by atoms with van der Waals surface area (Å²) in [6.45, 7) is 0. The van der Waals surface area contributed by atoms with Gasteiger partial charge in [0, 0.05) is 16.3 Å². The fourth-order valence-corrected chi connectivity index (χ4v) is 3.16. The number of nitrogens with zero attached hydrogens (tertiary/aromatic N) is 1. The summed E-state index contributed by atoms with van der Waals surface area (Å²) in [4.78, 5) is 28.0. The monoisotopic (exact) mass is 383 g/mol. The highest BCUT2D eigenvalue weighted by molar-refractivity contribution is 9.10. The third-order valence-corrected chi connectivity index (χ3v) is 4.58. The smallest absolute Gasteiger partial charge is 0.268 e. The van der Waals surface area contributed by atoms with Crippen LogP contribution >= 0.6 is 15.9 Å². The Labute approximate surface area is 146 Å². The number of hydrogen-bond acceptors (Lipinski definition) is 3. The van der Waals surface area contributed by atoms with E-state index in [0.717, 1.165) is 15.4 Å². The molecular weight excluding hydrogens is 370 g/mol. The minimum Gasteiger partial charge on any atom is -0.366 e. The van der Waals surface area contributed by atoms with Crippen LogP contribution in [0.4, 0.5) is 0 Å². The molecule has 1 heterocycles. The molecule has 0 atom stereocenters. The molecule has 0 radical (unpaired) electrons. The van der Waals surface area contributed by atoms with Gasteiger partial charge in [-0.1, -0.05) is 52.3 Å². The lowest BCUT2D eigenvalue weighted by molar-refractivity contribution is 0.0963. The first kappa shape index (κ1) is 16.1. The Kier molecular flexibility index (Phi) is 4.31. The number of hydrogen-bond donors (Lipinski definition) is 2. The van der Waals surface area contributed by atoms with E-state index in [0.29, 0.717) is 17.5 Å². The van der Waals surface area contributed by atoms with Crippen molar-refractivity contribution >= 4 is 38.6 Å². The Hall–Kier alpha value is -2.73. The van der Waals surface area contributed by atoms with Crippen LogP contribution in [0.15, 0.2) is 53.0 Å². The van der Waals surface area contributed by atoms with Gasteiger partial charge in [0.25, 0.3) is 11.8 Å². The number of halogens is 1. The number of primary amides is 2. The molecule has 0 fully saturated rings. The Balaban J connectivity index is 2.34. The minimum atomic E-state index is -0.775. The average molecular weight is 384 g/mol. The number of aromatic nitrogens is 1. The van der Waals surface area contributed by atoms with Crippen molar-refractivity contribution < 1.29 is 9.59 Å². The zero-order valence-corrected chi connectivity index (χ0v) is 14.2. The van der Waals surface area contributed by atoms with E-state index >= 15 is 0 Å². The molecule has 120 valence electrons. The number of carbonyl (C=O) groups is 2. The molecule has 3 aromatic rings. The van der Waals surface area contributed by atoms with E-state index in [1.54, 1.807) is 6.07 Å². The summed E-state index contributed by atoms with van der Waals surface area (Å²) in [5, 5.41) is 0.770. The third kappa shape index (κ3) is 2.88. The second kappa shape index (κ2) is 6.41. The van der Waals surface area contributed by atoms with Gasteiger partial charge in [-0.25, -0.2) is 4.98 Å². The Morgan fingerprint density at radius 1 is 0.958 bits per heavy atom. The van der Waals surface area contributed by atoms with Crippen molar-refractivity contribution in [2.24, 2.45) is 11.5 Å². The van der Waals surface area contributed by atoms with Gasteiger partial charge in [0.1, 0.15) is 5.69 Å². The van der Waals surface area contributed by atoms with Gasteiger partial charge in [0.05, 0.1) is 11.1 Å². The van der Waals surface area contributed by atoms with Crippen molar-refractivity contribution in [2.75, 3.05) is 0 Å². The van der Waals surface area contributed by atoms with Gasteiger partial charge in [0.15, 0.2) is 0 Å². The maximum absolute atomic E-state index is 12.0. The van der Waals surface area contributed by atoms with Crippen molar-refractivity contribution in [1.82, 2.24) is 4.98 Å². The average Bonchev–Trinajstić information content (AvgIpc) is 2.56. The molecule has 0 unspecified atom stereocenters. The van der Waals surface area contributed by atoms with Gasteiger partial charge in [0.2, 0.25) is 0 Å². The third-order valence-electron chi connectivity index (χ3n) is 3.80. The molecule has 0 aliphatic carbocycles. The molecular formula is C18H14BrN3O2. The van der Waals surface area contributed by atoms with E-state index in [2.05, 4.69) is 20.9 Å². The predicted octanol–water partition coefficient (Wildman–Crippen LogP) is 2.79. The maximum atomic E-state index is 12.0. The van der Waals surface area contributed by atoms with E-state index in [4.69, 9.17) is 11.5 Å². The molecule has 5 nitrogen and oxygen atoms in total. The van der Waals surface area contributed by atoms with Crippen molar-refractivity contribution in [2.45, 2.75) is 6.42 Å². The molecule has 6 heteroatoms. The van der Waals surface area contributed by atoms with Crippen molar-refractivity contribution in [3.63, 3.8) is 0 Å². The highest BCUT2D eigenvalue weighted by Gasteiger charge is 2.22. The summed E-state index contributed by atoms with van der Waals surface area (Å²) in [5.74, 6) is -1.49. The fourth-order valence-electron chi connectivity index (χ4n) is 2.74. The zero-order chi connectivity index (χ0) is 17.3. The second-order valence-electron chi connectivity index (χ2n) is 5.33. The lowest BCUT2D eigenvalue weighted by atomic mass is 9.94. The Bertz CT molecular complexity index is 970. The molecule has 0 bridgehead atoms. The lowest BCUT2D eigenvalue weighted by Gasteiger charge is -2.14. The van der Waals surface area contributed by atoms with Gasteiger partial charge in [-0.2, -0.15) is 0 Å². The molecule has 3 rings (SSSR count). The second-order valence-corrected chi connectivity index (χ2v) is 6.18. The van der Waals surface area contributed by atoms with Crippen LogP contribution in [0.3, 0.4) is 0 Å². The van der Waals surface area contributed by atoms with Crippen LogP contribution in [-0.2, 0) is 6.42 Å². The summed E-state index contributed by atoms with van der Waals surface area (Å²) in [7, 11) is 0. The van der Waals surface area contributed by atoms with Crippen LogP contribution in [0.2, 0.25) is 0 Å². The maximum Gasteiger partial charge on any atom is 0.268 e. The van der Waals surface area contributed by atoms with E-state index in [9.17, 15) is 9.59 Å². The quantitative estimate of drug-likeness (QED) is 0.724. The molecule has 0 aliphatic rings. The molecule has 4 N–H and O–H groups in total. The zero-order valence-electron chi connectivity index (χ0n) is 12.6. The number of pyridine rings is 1. The SMILES string of the molecule is NC(=O)c1nc2ccccc2c(Cc2ccccc2Br)c1C(N)=O. The summed E-state index contributed by atoms with van der Waals surface area (Å²) in [6.07, 6.45) is 0.420. The first-order chi connectivity index (χ1) is 11.5. The summed E-state index contributed by atoms with van der Waals surface area (Å²) in [6, 6.07) is 15.0. The van der Waals surface area contributed by atoms with E-state index < -0.39 is 11.8 Å². The van der Waals surface area contributed by atoms with Crippen LogP contribution in [-0.4, -0.2) is 16.8 Å². The van der Waals surface area contributed by atoms with Gasteiger partial charge in [-0.05, 0) is 23.3 Å². The van der Waals surface area contributed by atoms with Gasteiger partial charge in [-0.15, -0.1) is 0 Å². The normalized spacial score (nSPS) is 10.7. The number of nitrogens with two attached hydrogens (primary N) is 2. The van der Waals surface area contributed by atoms with E-state index in [-0.39, 0.29) is 11.3 Å². The van der Waals surface area contributed by atoms with Crippen molar-refractivity contribution in [1.29, 1.82) is 0 Å². The highest BCUT2D eigenvalue weighted by Crippen LogP contribution is 2.28. The van der Waals surface area contributed by atoms with Crippen LogP contribution < -0.4 is 11.5 Å². The Morgan fingerprint density at radius 2 is 1.62 bits per heavy atom. The number of fused-ring (bicyclic) bond motifs is 1. The highest BCUT2D eigenvalue weighted by atomic mass is 79.9. The lowest BCUT2D eigenvalue weighted by Crippen LogP contribution is -2.24. The van der Waals surface area contributed by atoms with Crippen LogP contribution in [0.5, 0.6) is 0 Å². The molecule has 0 saturated heterocycles. The molecule has 0 aliphatic heterocycles. The summed E-state index contributed by atoms with van der Waals surface area (Å²) in [5.41, 5.74) is 13.1. The molecule has 2 aromatic carbocycles. The summed E-state index contributed by atoms with van der Waals surface area (Å²) >= 11 is 3.50. The topological polar surface area (TPSA) is 99.1 Å². The largest absolute Gasteiger partial charge is 0.366 e. The number of carbonyl (C=O) groups excluding carboxylic acids is 2. The Morgan fingerprint density at radius 3 is 2.29 bits per heavy atom. The van der Waals surface area contributed by atoms with E-state index in [1.165, 1.54) is 0 Å². The van der Waals surface area contributed by atoms with Crippen LogP contribution in [0.1, 0.15) is 32.0 Å². The predicted molar refractivity (Wildman–Crippen MR) is 95.7 cm³/mol. The first-order valence-corrected chi connectivity index (χ1v) is 8.03. The summed E-state index contributed by atoms with van der Waals surface area (Å²) < 4.78 is 0.905. The van der Waals surface area contributed by atoms with Crippen LogP contribution in [0.25, 0.3) is 10.9 Å². The standard InChI is InChI=1S/C18H14BrN3O2/c19-13-7-3-1-5-10(13)9-12-11-6-2-4-8-14(11)22-16(18(21)24)15(12)17(20)23/h1-8H,9H2,(H2,20,23)(H2,21,24). The number of rotatable bonds is 4. The molecule has 0 spiro atoms. The first-order valence-electron chi connectivity index (χ1n) is 7.23. The van der Waals surface area contributed by atoms with Gasteiger partial charge >= 0.3 is 0 Å². The van der Waals surface area contributed by atoms with Gasteiger partial charge in [-0.3, -0.25) is 9.59 Å².